The maximum Gasteiger partial charge on any atom is 0.254 e. The van der Waals surface area contributed by atoms with Crippen LogP contribution in [0.2, 0.25) is 0 Å². The van der Waals surface area contributed by atoms with Gasteiger partial charge in [0.05, 0.1) is 18.2 Å². The van der Waals surface area contributed by atoms with Gasteiger partial charge in [-0.15, -0.1) is 0 Å². The number of rotatable bonds is 10. The SMILES string of the molecule is CC(C)C(=O)C(NC(=O)c1cccc(C2CN(C(=O)CNCc3ccc(F)cc3F)C2)c1F)C1CCCCC1. The molecular formula is C30H36F3N3O3. The first-order valence-electron chi connectivity index (χ1n) is 13.7. The summed E-state index contributed by atoms with van der Waals surface area (Å²) in [5.41, 5.74) is 0.513. The number of carbonyl (C=O) groups is 3. The molecule has 1 saturated carbocycles. The van der Waals surface area contributed by atoms with E-state index in [4.69, 9.17) is 0 Å². The summed E-state index contributed by atoms with van der Waals surface area (Å²) < 4.78 is 42.3. The van der Waals surface area contributed by atoms with Crippen LogP contribution in [-0.4, -0.2) is 48.2 Å². The summed E-state index contributed by atoms with van der Waals surface area (Å²) >= 11 is 0. The summed E-state index contributed by atoms with van der Waals surface area (Å²) in [5, 5.41) is 5.70. The number of amides is 2. The minimum absolute atomic E-state index is 0.0317. The van der Waals surface area contributed by atoms with Crippen LogP contribution in [0.4, 0.5) is 13.2 Å². The molecule has 0 aromatic heterocycles. The van der Waals surface area contributed by atoms with Crippen LogP contribution in [-0.2, 0) is 16.1 Å². The Morgan fingerprint density at radius 3 is 2.38 bits per heavy atom. The standard InChI is InChI=1S/C30H36F3N3O3/c1-18(2)29(38)28(19-7-4-3-5-8-19)35-30(39)24-10-6-9-23(27(24)33)21-16-36(17-21)26(37)15-34-14-20-11-12-22(31)13-25(20)32/h6,9-13,18-19,21,28,34H,3-5,7-8,14-17H2,1-2H3,(H,35,39). The average Bonchev–Trinajstić information content (AvgIpc) is 2.88. The van der Waals surface area contributed by atoms with E-state index in [-0.39, 0.29) is 53.7 Å². The lowest BCUT2D eigenvalue weighted by atomic mass is 9.80. The van der Waals surface area contributed by atoms with Crippen LogP contribution in [0, 0.1) is 29.3 Å². The van der Waals surface area contributed by atoms with Gasteiger partial charge in [0.15, 0.2) is 5.78 Å². The fraction of sp³-hybridized carbons (Fsp3) is 0.500. The predicted molar refractivity (Wildman–Crippen MR) is 141 cm³/mol. The van der Waals surface area contributed by atoms with E-state index in [1.807, 2.05) is 13.8 Å². The van der Waals surface area contributed by atoms with Crippen molar-refractivity contribution >= 4 is 17.6 Å². The molecule has 210 valence electrons. The third-order valence-corrected chi connectivity index (χ3v) is 7.84. The van der Waals surface area contributed by atoms with Gasteiger partial charge in [0, 0.05) is 43.1 Å². The predicted octanol–water partition coefficient (Wildman–Crippen LogP) is 4.72. The van der Waals surface area contributed by atoms with Crippen LogP contribution < -0.4 is 10.6 Å². The van der Waals surface area contributed by atoms with Crippen LogP contribution in [0.3, 0.4) is 0 Å². The van der Waals surface area contributed by atoms with Gasteiger partial charge in [-0.1, -0.05) is 51.3 Å². The first kappa shape index (κ1) is 28.8. The van der Waals surface area contributed by atoms with Crippen molar-refractivity contribution in [2.75, 3.05) is 19.6 Å². The van der Waals surface area contributed by atoms with E-state index < -0.39 is 29.4 Å². The molecule has 2 amide bonds. The zero-order valence-corrected chi connectivity index (χ0v) is 22.4. The number of benzene rings is 2. The molecule has 1 aliphatic heterocycles. The Kier molecular flexibility index (Phi) is 9.43. The average molecular weight is 544 g/mol. The van der Waals surface area contributed by atoms with Crippen LogP contribution in [0.1, 0.15) is 73.4 Å². The van der Waals surface area contributed by atoms with Crippen molar-refractivity contribution in [3.63, 3.8) is 0 Å². The molecule has 1 heterocycles. The lowest BCUT2D eigenvalue weighted by Gasteiger charge is -2.40. The number of hydrogen-bond donors (Lipinski definition) is 2. The largest absolute Gasteiger partial charge is 0.342 e. The topological polar surface area (TPSA) is 78.5 Å². The highest BCUT2D eigenvalue weighted by atomic mass is 19.1. The fourth-order valence-electron chi connectivity index (χ4n) is 5.47. The Morgan fingerprint density at radius 1 is 1.00 bits per heavy atom. The molecule has 2 N–H and O–H groups in total. The fourth-order valence-corrected chi connectivity index (χ4v) is 5.47. The van der Waals surface area contributed by atoms with Crippen molar-refractivity contribution in [1.82, 2.24) is 15.5 Å². The first-order valence-corrected chi connectivity index (χ1v) is 13.7. The molecule has 1 saturated heterocycles. The maximum absolute atomic E-state index is 15.5. The molecule has 1 aliphatic carbocycles. The van der Waals surface area contributed by atoms with Crippen molar-refractivity contribution in [1.29, 1.82) is 0 Å². The normalized spacial score (nSPS) is 17.1. The Bertz CT molecular complexity index is 1210. The van der Waals surface area contributed by atoms with E-state index in [2.05, 4.69) is 10.6 Å². The molecule has 4 rings (SSSR count). The van der Waals surface area contributed by atoms with Crippen molar-refractivity contribution in [2.45, 2.75) is 64.5 Å². The summed E-state index contributed by atoms with van der Waals surface area (Å²) in [6, 6.07) is 7.30. The van der Waals surface area contributed by atoms with Crippen molar-refractivity contribution < 1.29 is 27.6 Å². The molecule has 39 heavy (non-hydrogen) atoms. The van der Waals surface area contributed by atoms with Gasteiger partial charge in [-0.2, -0.15) is 0 Å². The summed E-state index contributed by atoms with van der Waals surface area (Å²) in [6.45, 7) is 4.24. The van der Waals surface area contributed by atoms with Crippen molar-refractivity contribution in [2.24, 2.45) is 11.8 Å². The molecule has 0 spiro atoms. The van der Waals surface area contributed by atoms with E-state index in [9.17, 15) is 23.2 Å². The molecule has 1 atom stereocenters. The number of nitrogens with one attached hydrogen (secondary N) is 2. The number of carbonyl (C=O) groups excluding carboxylic acids is 3. The van der Waals surface area contributed by atoms with Crippen LogP contribution in [0.15, 0.2) is 36.4 Å². The Labute approximate surface area is 227 Å². The van der Waals surface area contributed by atoms with Gasteiger partial charge in [0.1, 0.15) is 17.5 Å². The number of nitrogens with zero attached hydrogens (tertiary/aromatic N) is 1. The molecule has 9 heteroatoms. The highest BCUT2D eigenvalue weighted by molar-refractivity contribution is 5.98. The smallest absolute Gasteiger partial charge is 0.254 e. The summed E-state index contributed by atoms with van der Waals surface area (Å²) in [7, 11) is 0. The number of hydrogen-bond acceptors (Lipinski definition) is 4. The molecule has 0 radical (unpaired) electrons. The highest BCUT2D eigenvalue weighted by Crippen LogP contribution is 2.31. The molecular weight excluding hydrogens is 507 g/mol. The van der Waals surface area contributed by atoms with Crippen LogP contribution >= 0.6 is 0 Å². The van der Waals surface area contributed by atoms with Gasteiger partial charge in [0.25, 0.3) is 5.91 Å². The quantitative estimate of drug-likeness (QED) is 0.455. The van der Waals surface area contributed by atoms with Gasteiger partial charge in [-0.3, -0.25) is 14.4 Å². The van der Waals surface area contributed by atoms with E-state index in [0.717, 1.165) is 44.2 Å². The molecule has 2 aromatic carbocycles. The van der Waals surface area contributed by atoms with Gasteiger partial charge in [-0.25, -0.2) is 13.2 Å². The molecule has 2 aromatic rings. The lowest BCUT2D eigenvalue weighted by Crippen LogP contribution is -2.51. The van der Waals surface area contributed by atoms with E-state index in [0.29, 0.717) is 18.7 Å². The number of halogens is 3. The molecule has 2 fully saturated rings. The molecule has 0 bridgehead atoms. The van der Waals surface area contributed by atoms with Crippen molar-refractivity contribution in [3.8, 4) is 0 Å². The maximum atomic E-state index is 15.5. The number of Topliss-reactive ketones (excluding diaryl/α,β-unsaturated/α-hetero) is 1. The molecule has 1 unspecified atom stereocenters. The lowest BCUT2D eigenvalue weighted by molar-refractivity contribution is -0.134. The minimum atomic E-state index is -0.683. The third-order valence-electron chi connectivity index (χ3n) is 7.84. The second-order valence-corrected chi connectivity index (χ2v) is 11.0. The summed E-state index contributed by atoms with van der Waals surface area (Å²) in [6.07, 6.45) is 4.88. The Morgan fingerprint density at radius 2 is 1.72 bits per heavy atom. The first-order chi connectivity index (χ1) is 18.7. The zero-order valence-electron chi connectivity index (χ0n) is 22.4. The molecule has 2 aliphatic rings. The summed E-state index contributed by atoms with van der Waals surface area (Å²) in [4.78, 5) is 40.1. The Balaban J connectivity index is 1.34. The Hall–Kier alpha value is -3.20. The highest BCUT2D eigenvalue weighted by Gasteiger charge is 2.36. The number of likely N-dealkylation sites (tertiary alicyclic amines) is 1. The van der Waals surface area contributed by atoms with Gasteiger partial charge in [-0.05, 0) is 36.5 Å². The second kappa shape index (κ2) is 12.8. The zero-order chi connectivity index (χ0) is 28.1. The van der Waals surface area contributed by atoms with Crippen molar-refractivity contribution in [3.05, 3.63) is 70.5 Å². The summed E-state index contributed by atoms with van der Waals surface area (Å²) in [5.74, 6) is -3.26. The number of ketones is 1. The van der Waals surface area contributed by atoms with Gasteiger partial charge >= 0.3 is 0 Å². The van der Waals surface area contributed by atoms with E-state index in [1.165, 1.54) is 12.1 Å². The monoisotopic (exact) mass is 543 g/mol. The second-order valence-electron chi connectivity index (χ2n) is 11.0. The van der Waals surface area contributed by atoms with Gasteiger partial charge < -0.3 is 15.5 Å². The molecule has 6 nitrogen and oxygen atoms in total. The van der Waals surface area contributed by atoms with Crippen LogP contribution in [0.5, 0.6) is 0 Å². The van der Waals surface area contributed by atoms with Gasteiger partial charge in [0.2, 0.25) is 5.91 Å². The third kappa shape index (κ3) is 6.87. The minimum Gasteiger partial charge on any atom is -0.342 e. The van der Waals surface area contributed by atoms with E-state index in [1.54, 1.807) is 17.0 Å². The van der Waals surface area contributed by atoms with Crippen LogP contribution in [0.25, 0.3) is 0 Å². The van der Waals surface area contributed by atoms with E-state index >= 15 is 4.39 Å².